The van der Waals surface area contributed by atoms with Crippen LogP contribution < -0.4 is 10.9 Å². The van der Waals surface area contributed by atoms with Crippen LogP contribution in [0.5, 0.6) is 0 Å². The molecule has 5 rings (SSSR count). The number of unbranched alkanes of at least 4 members (excludes halogenated alkanes) is 1. The molecule has 0 radical (unpaired) electrons. The standard InChI is InChI=1S/C26H24FN5O3/c1-2-3-13-30-15-20-24(26(30)35)31(16-22(33)28-19-11-9-18(27)10-12-19)23-14-21(29-32(23)25(20)34)17-7-5-4-6-8-17/h4-12,14H,2-3,13,15-16H2,1H3,(H,28,33). The number of nitrogens with zero attached hydrogens (tertiary/aromatic N) is 4. The molecule has 35 heavy (non-hydrogen) atoms. The number of halogens is 1. The molecule has 2 amide bonds. The Bertz CT molecular complexity index is 1480. The Hall–Kier alpha value is -4.27. The van der Waals surface area contributed by atoms with Crippen molar-refractivity contribution in [3.05, 3.63) is 88.1 Å². The van der Waals surface area contributed by atoms with Gasteiger partial charge in [0, 0.05) is 23.9 Å². The zero-order valence-corrected chi connectivity index (χ0v) is 19.2. The Morgan fingerprint density at radius 1 is 1.09 bits per heavy atom. The lowest BCUT2D eigenvalue weighted by molar-refractivity contribution is -0.116. The normalized spacial score (nSPS) is 12.9. The van der Waals surface area contributed by atoms with Gasteiger partial charge in [-0.05, 0) is 30.7 Å². The lowest BCUT2D eigenvalue weighted by atomic mass is 10.1. The first-order chi connectivity index (χ1) is 17.0. The smallest absolute Gasteiger partial charge is 0.280 e. The van der Waals surface area contributed by atoms with Gasteiger partial charge in [-0.2, -0.15) is 9.61 Å². The highest BCUT2D eigenvalue weighted by molar-refractivity contribution is 5.98. The Balaban J connectivity index is 1.60. The van der Waals surface area contributed by atoms with Crippen LogP contribution in [0.3, 0.4) is 0 Å². The molecule has 0 spiro atoms. The highest BCUT2D eigenvalue weighted by atomic mass is 19.1. The summed E-state index contributed by atoms with van der Waals surface area (Å²) in [4.78, 5) is 41.3. The van der Waals surface area contributed by atoms with Crippen LogP contribution in [0.2, 0.25) is 0 Å². The molecule has 0 fully saturated rings. The van der Waals surface area contributed by atoms with Gasteiger partial charge in [-0.25, -0.2) is 4.39 Å². The number of hydrogen-bond donors (Lipinski definition) is 1. The maximum absolute atomic E-state index is 13.4. The van der Waals surface area contributed by atoms with Crippen molar-refractivity contribution >= 4 is 23.1 Å². The number of fused-ring (bicyclic) bond motifs is 2. The summed E-state index contributed by atoms with van der Waals surface area (Å²) in [6, 6.07) is 16.5. The van der Waals surface area contributed by atoms with E-state index in [1.54, 1.807) is 15.5 Å². The first kappa shape index (κ1) is 22.5. The monoisotopic (exact) mass is 473 g/mol. The summed E-state index contributed by atoms with van der Waals surface area (Å²) in [5, 5.41) is 7.24. The lowest BCUT2D eigenvalue weighted by Gasteiger charge is -2.16. The van der Waals surface area contributed by atoms with Crippen molar-refractivity contribution in [3.63, 3.8) is 0 Å². The van der Waals surface area contributed by atoms with Gasteiger partial charge in [0.15, 0.2) is 0 Å². The first-order valence-corrected chi connectivity index (χ1v) is 11.5. The Labute approximate surface area is 200 Å². The fourth-order valence-electron chi connectivity index (χ4n) is 4.34. The minimum absolute atomic E-state index is 0.184. The van der Waals surface area contributed by atoms with Crippen LogP contribution in [-0.4, -0.2) is 37.4 Å². The van der Waals surface area contributed by atoms with Crippen molar-refractivity contribution in [3.8, 4) is 11.3 Å². The van der Waals surface area contributed by atoms with Crippen molar-refractivity contribution in [2.24, 2.45) is 0 Å². The van der Waals surface area contributed by atoms with Crippen LogP contribution in [-0.2, 0) is 17.9 Å². The lowest BCUT2D eigenvalue weighted by Crippen LogP contribution is -2.30. The van der Waals surface area contributed by atoms with Gasteiger partial charge in [-0.15, -0.1) is 0 Å². The van der Waals surface area contributed by atoms with E-state index in [9.17, 15) is 18.8 Å². The molecule has 0 saturated heterocycles. The van der Waals surface area contributed by atoms with Gasteiger partial charge in [0.2, 0.25) is 5.91 Å². The van der Waals surface area contributed by atoms with E-state index >= 15 is 0 Å². The molecule has 0 bridgehead atoms. The molecular weight excluding hydrogens is 449 g/mol. The number of benzene rings is 2. The second kappa shape index (κ2) is 9.17. The molecule has 2 aromatic heterocycles. The minimum Gasteiger partial charge on any atom is -0.333 e. The highest BCUT2D eigenvalue weighted by Crippen LogP contribution is 2.25. The number of hydrogen-bond acceptors (Lipinski definition) is 4. The van der Waals surface area contributed by atoms with Gasteiger partial charge < -0.3 is 14.8 Å². The summed E-state index contributed by atoms with van der Waals surface area (Å²) in [6.45, 7) is 2.54. The summed E-state index contributed by atoms with van der Waals surface area (Å²) < 4.78 is 16.1. The second-order valence-electron chi connectivity index (χ2n) is 8.52. The Morgan fingerprint density at radius 3 is 2.54 bits per heavy atom. The predicted octanol–water partition coefficient (Wildman–Crippen LogP) is 3.70. The molecule has 1 N–H and O–H groups in total. The van der Waals surface area contributed by atoms with Gasteiger partial charge in [0.05, 0.1) is 17.8 Å². The molecule has 0 atom stereocenters. The number of amides is 2. The molecule has 1 aliphatic rings. The van der Waals surface area contributed by atoms with Gasteiger partial charge in [0.25, 0.3) is 11.5 Å². The predicted molar refractivity (Wildman–Crippen MR) is 130 cm³/mol. The molecule has 2 aromatic carbocycles. The van der Waals surface area contributed by atoms with E-state index in [-0.39, 0.29) is 30.2 Å². The quantitative estimate of drug-likeness (QED) is 0.443. The molecule has 178 valence electrons. The minimum atomic E-state index is -0.411. The summed E-state index contributed by atoms with van der Waals surface area (Å²) in [5.41, 5.74) is 2.35. The fraction of sp³-hybridized carbons (Fsp3) is 0.231. The second-order valence-corrected chi connectivity index (χ2v) is 8.52. The maximum Gasteiger partial charge on any atom is 0.280 e. The summed E-state index contributed by atoms with van der Waals surface area (Å²) in [7, 11) is 0. The van der Waals surface area contributed by atoms with Gasteiger partial charge in [-0.1, -0.05) is 43.7 Å². The highest BCUT2D eigenvalue weighted by Gasteiger charge is 2.34. The number of rotatable bonds is 7. The third-order valence-electron chi connectivity index (χ3n) is 6.09. The average molecular weight is 474 g/mol. The fourth-order valence-corrected chi connectivity index (χ4v) is 4.34. The largest absolute Gasteiger partial charge is 0.333 e. The SMILES string of the molecule is CCCCN1Cc2c(n(CC(=O)Nc3ccc(F)cc3)c3cc(-c4ccccc4)nn3c2=O)C1=O. The van der Waals surface area contributed by atoms with Crippen LogP contribution in [0.1, 0.15) is 35.8 Å². The molecule has 0 unspecified atom stereocenters. The van der Waals surface area contributed by atoms with Crippen LogP contribution in [0.15, 0.2) is 65.5 Å². The van der Waals surface area contributed by atoms with Crippen LogP contribution >= 0.6 is 0 Å². The number of anilines is 1. The maximum atomic E-state index is 13.4. The summed E-state index contributed by atoms with van der Waals surface area (Å²) in [5.74, 6) is -1.09. The van der Waals surface area contributed by atoms with Gasteiger partial charge >= 0.3 is 0 Å². The number of aromatic nitrogens is 3. The van der Waals surface area contributed by atoms with Gasteiger partial charge in [0.1, 0.15) is 23.7 Å². The van der Waals surface area contributed by atoms with E-state index in [0.717, 1.165) is 18.4 Å². The van der Waals surface area contributed by atoms with Gasteiger partial charge in [-0.3, -0.25) is 14.4 Å². The Morgan fingerprint density at radius 2 is 1.83 bits per heavy atom. The van der Waals surface area contributed by atoms with Crippen molar-refractivity contribution in [2.45, 2.75) is 32.9 Å². The van der Waals surface area contributed by atoms with Crippen molar-refractivity contribution in [1.82, 2.24) is 19.1 Å². The number of nitrogens with one attached hydrogen (secondary N) is 1. The van der Waals surface area contributed by atoms with E-state index in [1.165, 1.54) is 28.8 Å². The third-order valence-corrected chi connectivity index (χ3v) is 6.09. The molecule has 0 saturated carbocycles. The van der Waals surface area contributed by atoms with Crippen molar-refractivity contribution < 1.29 is 14.0 Å². The molecule has 4 aromatic rings. The van der Waals surface area contributed by atoms with Crippen molar-refractivity contribution in [1.29, 1.82) is 0 Å². The average Bonchev–Trinajstić information content (AvgIpc) is 3.45. The van der Waals surface area contributed by atoms with E-state index in [4.69, 9.17) is 0 Å². The topological polar surface area (TPSA) is 88.7 Å². The number of carbonyl (C=O) groups excluding carboxylic acids is 2. The zero-order valence-electron chi connectivity index (χ0n) is 19.2. The molecule has 1 aliphatic heterocycles. The van der Waals surface area contributed by atoms with Crippen LogP contribution in [0, 0.1) is 5.82 Å². The van der Waals surface area contributed by atoms with Crippen molar-refractivity contribution in [2.75, 3.05) is 11.9 Å². The van der Waals surface area contributed by atoms with E-state index in [2.05, 4.69) is 10.4 Å². The summed E-state index contributed by atoms with van der Waals surface area (Å²) >= 11 is 0. The van der Waals surface area contributed by atoms with Crippen LogP contribution in [0.25, 0.3) is 16.9 Å². The first-order valence-electron chi connectivity index (χ1n) is 11.5. The molecule has 0 aliphatic carbocycles. The van der Waals surface area contributed by atoms with E-state index in [1.807, 2.05) is 37.3 Å². The molecule has 3 heterocycles. The van der Waals surface area contributed by atoms with E-state index in [0.29, 0.717) is 29.1 Å². The Kier molecular flexibility index (Phi) is 5.90. The summed E-state index contributed by atoms with van der Waals surface area (Å²) in [6.07, 6.45) is 1.72. The van der Waals surface area contributed by atoms with Crippen LogP contribution in [0.4, 0.5) is 10.1 Å². The molecular formula is C26H24FN5O3. The zero-order chi connectivity index (χ0) is 24.5. The van der Waals surface area contributed by atoms with E-state index < -0.39 is 11.7 Å². The number of carbonyl (C=O) groups is 2. The third kappa shape index (κ3) is 4.21. The molecule has 8 nitrogen and oxygen atoms in total. The molecule has 9 heteroatoms.